The van der Waals surface area contributed by atoms with Gasteiger partial charge in [-0.05, 0) is 19.3 Å². The molecule has 6 heteroatoms. The average Bonchev–Trinajstić information content (AvgIpc) is 3.15. The van der Waals surface area contributed by atoms with Gasteiger partial charge in [0, 0.05) is 39.0 Å². The second-order valence-corrected chi connectivity index (χ2v) is 4.71. The Kier molecular flexibility index (Phi) is 4.17. The third-order valence-electron chi connectivity index (χ3n) is 3.15. The quantitative estimate of drug-likeness (QED) is 0.415. The monoisotopic (exact) mass is 252 g/mol. The second kappa shape index (κ2) is 5.84. The van der Waals surface area contributed by atoms with E-state index in [9.17, 15) is 9.59 Å². The number of hydrogen-bond donors (Lipinski definition) is 2. The Bertz CT molecular complexity index is 347. The van der Waals surface area contributed by atoms with Gasteiger partial charge in [-0.15, -0.1) is 0 Å². The molecule has 0 spiro atoms. The Balaban J connectivity index is 1.72. The van der Waals surface area contributed by atoms with Crippen LogP contribution in [0.4, 0.5) is 0 Å². The van der Waals surface area contributed by atoms with Crippen LogP contribution in [0.1, 0.15) is 32.1 Å². The molecule has 2 amide bonds. The molecule has 1 saturated carbocycles. The van der Waals surface area contributed by atoms with Gasteiger partial charge in [-0.2, -0.15) is 0 Å². The lowest BCUT2D eigenvalue weighted by molar-refractivity contribution is -0.147. The van der Waals surface area contributed by atoms with Crippen molar-refractivity contribution >= 4 is 17.8 Å². The summed E-state index contributed by atoms with van der Waals surface area (Å²) in [5.41, 5.74) is 0. The molecule has 1 heterocycles. The number of nitrogens with zero attached hydrogens (tertiary/aromatic N) is 2. The van der Waals surface area contributed by atoms with Gasteiger partial charge in [0.1, 0.15) is 0 Å². The van der Waals surface area contributed by atoms with E-state index in [0.717, 1.165) is 5.96 Å². The van der Waals surface area contributed by atoms with E-state index in [1.807, 2.05) is 0 Å². The molecule has 1 aliphatic heterocycles. The van der Waals surface area contributed by atoms with Crippen LogP contribution in [0, 0.1) is 0 Å². The fourth-order valence-corrected chi connectivity index (χ4v) is 1.95. The molecule has 2 aliphatic rings. The Hall–Kier alpha value is -1.59. The van der Waals surface area contributed by atoms with E-state index in [2.05, 4.69) is 15.6 Å². The van der Waals surface area contributed by atoms with Crippen molar-refractivity contribution in [2.45, 2.75) is 38.1 Å². The molecule has 100 valence electrons. The molecule has 1 saturated heterocycles. The van der Waals surface area contributed by atoms with Crippen LogP contribution in [0.25, 0.3) is 0 Å². The van der Waals surface area contributed by atoms with Crippen LogP contribution >= 0.6 is 0 Å². The van der Waals surface area contributed by atoms with Gasteiger partial charge >= 0.3 is 0 Å². The number of guanidine groups is 1. The molecule has 1 aliphatic carbocycles. The zero-order valence-electron chi connectivity index (χ0n) is 10.7. The highest BCUT2D eigenvalue weighted by molar-refractivity contribution is 5.97. The summed E-state index contributed by atoms with van der Waals surface area (Å²) < 4.78 is 0. The Morgan fingerprint density at radius 1 is 1.33 bits per heavy atom. The number of amides is 2. The van der Waals surface area contributed by atoms with Crippen molar-refractivity contribution in [3.8, 4) is 0 Å². The van der Waals surface area contributed by atoms with E-state index in [4.69, 9.17) is 0 Å². The molecule has 0 radical (unpaired) electrons. The lowest BCUT2D eigenvalue weighted by atomic mass is 10.1. The van der Waals surface area contributed by atoms with Crippen molar-refractivity contribution in [3.63, 3.8) is 0 Å². The minimum Gasteiger partial charge on any atom is -0.355 e. The zero-order valence-corrected chi connectivity index (χ0v) is 10.7. The Labute approximate surface area is 107 Å². The highest BCUT2D eigenvalue weighted by atomic mass is 16.2. The SMILES string of the molecule is CN=C(NCCN1C(=O)CCCC1=O)NC1CC1. The van der Waals surface area contributed by atoms with Gasteiger partial charge in [0.05, 0.1) is 0 Å². The van der Waals surface area contributed by atoms with E-state index >= 15 is 0 Å². The van der Waals surface area contributed by atoms with Gasteiger partial charge in [-0.25, -0.2) is 0 Å². The average molecular weight is 252 g/mol. The van der Waals surface area contributed by atoms with E-state index in [0.29, 0.717) is 38.4 Å². The molecule has 0 aromatic rings. The molecule has 0 atom stereocenters. The Morgan fingerprint density at radius 2 is 2.00 bits per heavy atom. The first-order chi connectivity index (χ1) is 8.70. The third kappa shape index (κ3) is 3.45. The van der Waals surface area contributed by atoms with Crippen LogP contribution in [0.3, 0.4) is 0 Å². The lowest BCUT2D eigenvalue weighted by Crippen LogP contribution is -2.46. The van der Waals surface area contributed by atoms with Crippen molar-refractivity contribution in [1.29, 1.82) is 0 Å². The molecule has 0 unspecified atom stereocenters. The van der Waals surface area contributed by atoms with Gasteiger partial charge < -0.3 is 10.6 Å². The zero-order chi connectivity index (χ0) is 13.0. The van der Waals surface area contributed by atoms with Crippen LogP contribution in [0.2, 0.25) is 0 Å². The standard InChI is InChI=1S/C12H20N4O2/c1-13-12(15-9-5-6-9)14-7-8-16-10(17)3-2-4-11(16)18/h9H,2-8H2,1H3,(H2,13,14,15). The maximum Gasteiger partial charge on any atom is 0.229 e. The molecule has 6 nitrogen and oxygen atoms in total. The number of likely N-dealkylation sites (tertiary alicyclic amines) is 1. The summed E-state index contributed by atoms with van der Waals surface area (Å²) in [5.74, 6) is 0.630. The lowest BCUT2D eigenvalue weighted by Gasteiger charge is -2.25. The predicted molar refractivity (Wildman–Crippen MR) is 68.1 cm³/mol. The number of carbonyl (C=O) groups excluding carboxylic acids is 2. The highest BCUT2D eigenvalue weighted by Gasteiger charge is 2.25. The van der Waals surface area contributed by atoms with Crippen LogP contribution < -0.4 is 10.6 Å². The molecule has 0 bridgehead atoms. The van der Waals surface area contributed by atoms with E-state index < -0.39 is 0 Å². The minimum atomic E-state index is -0.0572. The van der Waals surface area contributed by atoms with E-state index in [-0.39, 0.29) is 11.8 Å². The molecule has 2 N–H and O–H groups in total. The predicted octanol–water partition coefficient (Wildman–Crippen LogP) is -0.147. The fourth-order valence-electron chi connectivity index (χ4n) is 1.95. The molecule has 18 heavy (non-hydrogen) atoms. The number of hydrogen-bond acceptors (Lipinski definition) is 3. The van der Waals surface area contributed by atoms with Crippen LogP contribution in [-0.2, 0) is 9.59 Å². The van der Waals surface area contributed by atoms with Gasteiger partial charge in [-0.1, -0.05) is 0 Å². The van der Waals surface area contributed by atoms with E-state index in [1.165, 1.54) is 17.7 Å². The second-order valence-electron chi connectivity index (χ2n) is 4.71. The number of rotatable bonds is 4. The number of piperidine rings is 1. The summed E-state index contributed by atoms with van der Waals surface area (Å²) in [7, 11) is 1.72. The third-order valence-corrected chi connectivity index (χ3v) is 3.15. The van der Waals surface area contributed by atoms with Crippen molar-refractivity contribution in [1.82, 2.24) is 15.5 Å². The van der Waals surface area contributed by atoms with Crippen LogP contribution in [0.15, 0.2) is 4.99 Å². The summed E-state index contributed by atoms with van der Waals surface area (Å²) >= 11 is 0. The van der Waals surface area contributed by atoms with Crippen molar-refractivity contribution in [2.24, 2.45) is 4.99 Å². The van der Waals surface area contributed by atoms with Gasteiger partial charge in [0.25, 0.3) is 0 Å². The topological polar surface area (TPSA) is 73.8 Å². The van der Waals surface area contributed by atoms with Gasteiger partial charge in [-0.3, -0.25) is 19.5 Å². The molecule has 2 rings (SSSR count). The number of imide groups is 1. The molecular formula is C12H20N4O2. The van der Waals surface area contributed by atoms with Gasteiger partial charge in [0.2, 0.25) is 11.8 Å². The first-order valence-electron chi connectivity index (χ1n) is 6.51. The molecule has 0 aromatic heterocycles. The molecular weight excluding hydrogens is 232 g/mol. The van der Waals surface area contributed by atoms with Gasteiger partial charge in [0.15, 0.2) is 5.96 Å². The summed E-state index contributed by atoms with van der Waals surface area (Å²) in [6.45, 7) is 0.965. The maximum atomic E-state index is 11.6. The Morgan fingerprint density at radius 3 is 2.56 bits per heavy atom. The fraction of sp³-hybridized carbons (Fsp3) is 0.750. The summed E-state index contributed by atoms with van der Waals surface area (Å²) in [5, 5.41) is 6.37. The number of carbonyl (C=O) groups is 2. The normalized spacial score (nSPS) is 21.2. The van der Waals surface area contributed by atoms with E-state index in [1.54, 1.807) is 7.05 Å². The molecule has 0 aromatic carbocycles. The number of aliphatic imine (C=N–C) groups is 1. The highest BCUT2D eigenvalue weighted by Crippen LogP contribution is 2.18. The summed E-state index contributed by atoms with van der Waals surface area (Å²) in [4.78, 5) is 28.6. The van der Waals surface area contributed by atoms with Crippen molar-refractivity contribution in [2.75, 3.05) is 20.1 Å². The van der Waals surface area contributed by atoms with Crippen LogP contribution in [0.5, 0.6) is 0 Å². The van der Waals surface area contributed by atoms with Crippen molar-refractivity contribution < 1.29 is 9.59 Å². The summed E-state index contributed by atoms with van der Waals surface area (Å²) in [6, 6.07) is 0.537. The smallest absolute Gasteiger partial charge is 0.229 e. The first-order valence-corrected chi connectivity index (χ1v) is 6.51. The largest absolute Gasteiger partial charge is 0.355 e. The minimum absolute atomic E-state index is 0.0572. The van der Waals surface area contributed by atoms with Crippen molar-refractivity contribution in [3.05, 3.63) is 0 Å². The summed E-state index contributed by atoms with van der Waals surface area (Å²) in [6.07, 6.45) is 4.03. The maximum absolute atomic E-state index is 11.6. The van der Waals surface area contributed by atoms with Crippen LogP contribution in [-0.4, -0.2) is 48.9 Å². The molecule has 2 fully saturated rings. The number of nitrogens with one attached hydrogen (secondary N) is 2. The first kappa shape index (κ1) is 12.9.